The minimum atomic E-state index is -0.238. The van der Waals surface area contributed by atoms with Crippen LogP contribution in [0.15, 0.2) is 0 Å². The zero-order chi connectivity index (χ0) is 12.7. The van der Waals surface area contributed by atoms with E-state index < -0.39 is 0 Å². The fraction of sp³-hybridized carbons (Fsp3) is 0.923. The Morgan fingerprint density at radius 1 is 1.41 bits per heavy atom. The van der Waals surface area contributed by atoms with Crippen LogP contribution in [0.1, 0.15) is 47.0 Å². The van der Waals surface area contributed by atoms with Gasteiger partial charge < -0.3 is 9.57 Å². The first-order valence-corrected chi connectivity index (χ1v) is 6.46. The van der Waals surface area contributed by atoms with Crippen molar-refractivity contribution in [1.82, 2.24) is 5.06 Å². The van der Waals surface area contributed by atoms with Gasteiger partial charge in [0.2, 0.25) is 0 Å². The molecule has 1 spiro atoms. The molecule has 0 amide bonds. The number of carbonyl (C=O) groups is 1. The van der Waals surface area contributed by atoms with Crippen LogP contribution in [0, 0.1) is 5.41 Å². The smallest absolute Gasteiger partial charge is 0.322 e. The van der Waals surface area contributed by atoms with E-state index in [2.05, 4.69) is 20.8 Å². The van der Waals surface area contributed by atoms with E-state index in [9.17, 15) is 4.79 Å². The molecule has 0 aromatic carbocycles. The van der Waals surface area contributed by atoms with E-state index in [1.165, 1.54) is 6.92 Å². The Kier molecular flexibility index (Phi) is 3.21. The Morgan fingerprint density at radius 3 is 2.59 bits per heavy atom. The van der Waals surface area contributed by atoms with Crippen molar-refractivity contribution in [2.24, 2.45) is 5.41 Å². The Bertz CT molecular complexity index is 316. The van der Waals surface area contributed by atoms with E-state index in [1.807, 2.05) is 0 Å². The van der Waals surface area contributed by atoms with Crippen LogP contribution < -0.4 is 0 Å². The van der Waals surface area contributed by atoms with Gasteiger partial charge in [-0.1, -0.05) is 13.8 Å². The quantitative estimate of drug-likeness (QED) is 0.705. The van der Waals surface area contributed by atoms with Gasteiger partial charge in [0, 0.05) is 25.4 Å². The van der Waals surface area contributed by atoms with Crippen molar-refractivity contribution in [1.29, 1.82) is 0 Å². The lowest BCUT2D eigenvalue weighted by Crippen LogP contribution is -2.57. The summed E-state index contributed by atoms with van der Waals surface area (Å²) in [5.74, 6) is -0.238. The summed E-state index contributed by atoms with van der Waals surface area (Å²) in [6.07, 6.45) is 3.55. The maximum Gasteiger partial charge on any atom is 0.322 e. The van der Waals surface area contributed by atoms with Gasteiger partial charge in [-0.15, -0.1) is 5.06 Å². The summed E-state index contributed by atoms with van der Waals surface area (Å²) in [6, 6.07) is 0. The third-order valence-electron chi connectivity index (χ3n) is 4.21. The van der Waals surface area contributed by atoms with Crippen LogP contribution in [-0.2, 0) is 14.4 Å². The van der Waals surface area contributed by atoms with Gasteiger partial charge in [-0.05, 0) is 26.2 Å². The van der Waals surface area contributed by atoms with Gasteiger partial charge in [-0.2, -0.15) is 0 Å². The van der Waals surface area contributed by atoms with Gasteiger partial charge in [0.15, 0.2) is 0 Å². The molecule has 0 aromatic rings. The lowest BCUT2D eigenvalue weighted by molar-refractivity contribution is -0.235. The Hall–Kier alpha value is -0.610. The van der Waals surface area contributed by atoms with Crippen LogP contribution in [0.3, 0.4) is 0 Å². The summed E-state index contributed by atoms with van der Waals surface area (Å²) < 4.78 is 6.19. The van der Waals surface area contributed by atoms with Gasteiger partial charge in [0.05, 0.1) is 11.7 Å². The number of piperidine rings is 1. The summed E-state index contributed by atoms with van der Waals surface area (Å²) in [5.41, 5.74) is -0.00543. The highest BCUT2D eigenvalue weighted by Gasteiger charge is 2.53. The molecule has 2 unspecified atom stereocenters. The molecule has 2 fully saturated rings. The zero-order valence-corrected chi connectivity index (χ0v) is 11.3. The highest BCUT2D eigenvalue weighted by molar-refractivity contribution is 5.65. The van der Waals surface area contributed by atoms with Crippen molar-refractivity contribution in [2.45, 2.75) is 58.7 Å². The molecule has 4 heteroatoms. The summed E-state index contributed by atoms with van der Waals surface area (Å²) in [5, 5.41) is 1.78. The summed E-state index contributed by atoms with van der Waals surface area (Å²) in [4.78, 5) is 16.2. The molecule has 0 bridgehead atoms. The molecule has 0 radical (unpaired) electrons. The topological polar surface area (TPSA) is 38.8 Å². The predicted molar refractivity (Wildman–Crippen MR) is 64.2 cm³/mol. The molecule has 2 saturated heterocycles. The van der Waals surface area contributed by atoms with Crippen molar-refractivity contribution in [3.05, 3.63) is 0 Å². The largest absolute Gasteiger partial charge is 0.371 e. The molecule has 2 aliphatic heterocycles. The fourth-order valence-corrected chi connectivity index (χ4v) is 3.19. The van der Waals surface area contributed by atoms with E-state index >= 15 is 0 Å². The van der Waals surface area contributed by atoms with Crippen LogP contribution in [0.25, 0.3) is 0 Å². The minimum absolute atomic E-state index is 0.0193. The molecule has 4 nitrogen and oxygen atoms in total. The molecule has 2 aliphatic rings. The number of nitrogens with zero attached hydrogens (tertiary/aromatic N) is 1. The molecule has 2 heterocycles. The van der Waals surface area contributed by atoms with Crippen LogP contribution in [-0.4, -0.2) is 35.8 Å². The summed E-state index contributed by atoms with van der Waals surface area (Å²) in [6.45, 7) is 9.53. The van der Waals surface area contributed by atoms with Crippen molar-refractivity contribution in [2.75, 3.05) is 13.1 Å². The minimum Gasteiger partial charge on any atom is -0.371 e. The van der Waals surface area contributed by atoms with E-state index in [0.717, 1.165) is 32.4 Å². The Labute approximate surface area is 103 Å². The Morgan fingerprint density at radius 2 is 2.12 bits per heavy atom. The second kappa shape index (κ2) is 4.25. The SMILES string of the molecule is CC(=O)ON1CCC2(CCC(C)O2)C(C)(C)C1. The molecule has 17 heavy (non-hydrogen) atoms. The van der Waals surface area contributed by atoms with Gasteiger partial charge >= 0.3 is 5.97 Å². The van der Waals surface area contributed by atoms with E-state index in [1.54, 1.807) is 5.06 Å². The van der Waals surface area contributed by atoms with Crippen LogP contribution >= 0.6 is 0 Å². The maximum atomic E-state index is 11.0. The third kappa shape index (κ3) is 2.33. The molecule has 0 aromatic heterocycles. The van der Waals surface area contributed by atoms with Crippen molar-refractivity contribution >= 4 is 5.97 Å². The number of ether oxygens (including phenoxy) is 1. The molecule has 0 saturated carbocycles. The number of rotatable bonds is 1. The maximum absolute atomic E-state index is 11.0. The van der Waals surface area contributed by atoms with E-state index in [4.69, 9.17) is 9.57 Å². The normalized spacial score (nSPS) is 37.3. The number of hydroxylamine groups is 2. The Balaban J connectivity index is 2.07. The highest BCUT2D eigenvalue weighted by Crippen LogP contribution is 2.49. The molecule has 0 N–H and O–H groups in total. The standard InChI is InChI=1S/C13H23NO3/c1-10-5-6-13(16-10)7-8-14(17-11(2)15)9-12(13,3)4/h10H,5-9H2,1-4H3. The second-order valence-electron chi connectivity index (χ2n) is 6.04. The highest BCUT2D eigenvalue weighted by atomic mass is 16.7. The second-order valence-corrected chi connectivity index (χ2v) is 6.04. The first-order valence-electron chi connectivity index (χ1n) is 6.46. The monoisotopic (exact) mass is 241 g/mol. The van der Waals surface area contributed by atoms with Crippen molar-refractivity contribution in [3.8, 4) is 0 Å². The summed E-state index contributed by atoms with van der Waals surface area (Å²) >= 11 is 0. The van der Waals surface area contributed by atoms with Gasteiger partial charge in [-0.25, -0.2) is 0 Å². The first-order chi connectivity index (χ1) is 7.85. The number of hydrogen-bond donors (Lipinski definition) is 0. The summed E-state index contributed by atoms with van der Waals surface area (Å²) in [7, 11) is 0. The first kappa shape index (κ1) is 12.8. The van der Waals surface area contributed by atoms with Crippen LogP contribution in [0.4, 0.5) is 0 Å². The van der Waals surface area contributed by atoms with E-state index in [0.29, 0.717) is 6.10 Å². The fourth-order valence-electron chi connectivity index (χ4n) is 3.19. The van der Waals surface area contributed by atoms with Crippen LogP contribution in [0.2, 0.25) is 0 Å². The molecule has 2 atom stereocenters. The number of hydrogen-bond acceptors (Lipinski definition) is 4. The molecule has 98 valence electrons. The van der Waals surface area contributed by atoms with Gasteiger partial charge in [0.1, 0.15) is 0 Å². The lowest BCUT2D eigenvalue weighted by atomic mass is 9.69. The van der Waals surface area contributed by atoms with Gasteiger partial charge in [0.25, 0.3) is 0 Å². The predicted octanol–water partition coefficient (Wildman–Crippen LogP) is 2.13. The average molecular weight is 241 g/mol. The molecular weight excluding hydrogens is 218 g/mol. The van der Waals surface area contributed by atoms with Crippen molar-refractivity contribution in [3.63, 3.8) is 0 Å². The average Bonchev–Trinajstić information content (AvgIpc) is 2.55. The molecular formula is C13H23NO3. The number of carbonyl (C=O) groups excluding carboxylic acids is 1. The van der Waals surface area contributed by atoms with Gasteiger partial charge in [-0.3, -0.25) is 4.79 Å². The lowest BCUT2D eigenvalue weighted by Gasteiger charge is -2.50. The van der Waals surface area contributed by atoms with E-state index in [-0.39, 0.29) is 17.0 Å². The molecule has 0 aliphatic carbocycles. The zero-order valence-electron chi connectivity index (χ0n) is 11.3. The molecule has 2 rings (SSSR count). The van der Waals surface area contributed by atoms with Crippen LogP contribution in [0.5, 0.6) is 0 Å². The third-order valence-corrected chi connectivity index (χ3v) is 4.21. The van der Waals surface area contributed by atoms with Crippen molar-refractivity contribution < 1.29 is 14.4 Å².